The van der Waals surface area contributed by atoms with Crippen LogP contribution in [0.5, 0.6) is 0 Å². The molecule has 0 aliphatic carbocycles. The molecule has 0 saturated carbocycles. The van der Waals surface area contributed by atoms with E-state index >= 15 is 0 Å². The average molecular weight is 330 g/mol. The zero-order valence-electron chi connectivity index (χ0n) is 12.7. The van der Waals surface area contributed by atoms with Gasteiger partial charge in [0.05, 0.1) is 4.90 Å². The number of hydrogen-bond acceptors (Lipinski definition) is 3. The Balaban J connectivity index is 2.06. The normalized spacial score (nSPS) is 17.5. The smallest absolute Gasteiger partial charge is 0.243 e. The maximum absolute atomic E-state index is 13.2. The second kappa shape index (κ2) is 6.85. The Morgan fingerprint density at radius 3 is 2.32 bits per heavy atom. The lowest BCUT2D eigenvalue weighted by atomic mass is 10.3. The summed E-state index contributed by atoms with van der Waals surface area (Å²) < 4.78 is 52.4. The molecular formula is C15H20F2N2O2S. The molecule has 1 heterocycles. The fraction of sp³-hybridized carbons (Fsp3) is 0.467. The van der Waals surface area contributed by atoms with Crippen LogP contribution in [0.15, 0.2) is 34.7 Å². The maximum Gasteiger partial charge on any atom is 0.243 e. The van der Waals surface area contributed by atoms with Gasteiger partial charge in [0.25, 0.3) is 0 Å². The Labute approximate surface area is 130 Å². The van der Waals surface area contributed by atoms with Crippen molar-refractivity contribution in [3.8, 4) is 0 Å². The SMILES string of the molecule is CC(C)=CCN1CCN(S(=O)(=O)c2ccc(F)c(F)c2)CC1. The van der Waals surface area contributed by atoms with Crippen LogP contribution < -0.4 is 0 Å². The van der Waals surface area contributed by atoms with Crippen LogP contribution in [0.3, 0.4) is 0 Å². The monoisotopic (exact) mass is 330 g/mol. The molecule has 1 aromatic carbocycles. The highest BCUT2D eigenvalue weighted by Gasteiger charge is 2.28. The van der Waals surface area contributed by atoms with Gasteiger partial charge < -0.3 is 0 Å². The molecular weight excluding hydrogens is 310 g/mol. The number of nitrogens with zero attached hydrogens (tertiary/aromatic N) is 2. The summed E-state index contributed by atoms with van der Waals surface area (Å²) in [5, 5.41) is 0. The van der Waals surface area contributed by atoms with Crippen molar-refractivity contribution in [3.63, 3.8) is 0 Å². The number of piperazine rings is 1. The van der Waals surface area contributed by atoms with Crippen molar-refractivity contribution in [2.75, 3.05) is 32.7 Å². The summed E-state index contributed by atoms with van der Waals surface area (Å²) >= 11 is 0. The van der Waals surface area contributed by atoms with Crippen LogP contribution in [0.25, 0.3) is 0 Å². The molecule has 1 aliphatic rings. The van der Waals surface area contributed by atoms with E-state index in [1.807, 2.05) is 13.8 Å². The molecule has 122 valence electrons. The number of benzene rings is 1. The molecule has 0 aromatic heterocycles. The minimum absolute atomic E-state index is 0.204. The largest absolute Gasteiger partial charge is 0.297 e. The molecule has 0 N–H and O–H groups in total. The average Bonchev–Trinajstić information content (AvgIpc) is 2.48. The predicted octanol–water partition coefficient (Wildman–Crippen LogP) is 2.24. The van der Waals surface area contributed by atoms with Crippen LogP contribution in [-0.2, 0) is 10.0 Å². The fourth-order valence-electron chi connectivity index (χ4n) is 2.25. The Hall–Kier alpha value is -1.31. The van der Waals surface area contributed by atoms with Crippen LogP contribution >= 0.6 is 0 Å². The third kappa shape index (κ3) is 3.91. The molecule has 0 unspecified atom stereocenters. The van der Waals surface area contributed by atoms with Gasteiger partial charge in [0, 0.05) is 32.7 Å². The number of allylic oxidation sites excluding steroid dienone is 1. The lowest BCUT2D eigenvalue weighted by Crippen LogP contribution is -2.48. The number of sulfonamides is 1. The van der Waals surface area contributed by atoms with Crippen LogP contribution in [0.1, 0.15) is 13.8 Å². The second-order valence-corrected chi connectivity index (χ2v) is 7.50. The summed E-state index contributed by atoms with van der Waals surface area (Å²) in [6.45, 7) is 6.75. The van der Waals surface area contributed by atoms with Crippen LogP contribution in [-0.4, -0.2) is 50.3 Å². The lowest BCUT2D eigenvalue weighted by Gasteiger charge is -2.33. The van der Waals surface area contributed by atoms with Gasteiger partial charge in [0.15, 0.2) is 11.6 Å². The van der Waals surface area contributed by atoms with E-state index in [0.29, 0.717) is 26.2 Å². The molecule has 0 spiro atoms. The van der Waals surface area contributed by atoms with Crippen molar-refractivity contribution >= 4 is 10.0 Å². The first kappa shape index (κ1) is 17.1. The van der Waals surface area contributed by atoms with Crippen molar-refractivity contribution in [1.29, 1.82) is 0 Å². The summed E-state index contributed by atoms with van der Waals surface area (Å²) in [4.78, 5) is 1.95. The van der Waals surface area contributed by atoms with Gasteiger partial charge in [-0.3, -0.25) is 4.90 Å². The van der Waals surface area contributed by atoms with Gasteiger partial charge in [0.1, 0.15) is 0 Å². The molecule has 1 saturated heterocycles. The highest BCUT2D eigenvalue weighted by Crippen LogP contribution is 2.19. The van der Waals surface area contributed by atoms with Crippen molar-refractivity contribution in [1.82, 2.24) is 9.21 Å². The summed E-state index contributed by atoms with van der Waals surface area (Å²) in [5.41, 5.74) is 1.22. The van der Waals surface area contributed by atoms with Crippen molar-refractivity contribution < 1.29 is 17.2 Å². The van der Waals surface area contributed by atoms with Gasteiger partial charge in [-0.25, -0.2) is 17.2 Å². The number of hydrogen-bond donors (Lipinski definition) is 0. The van der Waals surface area contributed by atoms with Gasteiger partial charge in [-0.15, -0.1) is 0 Å². The first-order chi connectivity index (χ1) is 10.3. The molecule has 4 nitrogen and oxygen atoms in total. The summed E-state index contributed by atoms with van der Waals surface area (Å²) in [5.74, 6) is -2.20. The maximum atomic E-state index is 13.2. The van der Waals surface area contributed by atoms with E-state index in [1.165, 1.54) is 9.88 Å². The second-order valence-electron chi connectivity index (χ2n) is 5.56. The van der Waals surface area contributed by atoms with E-state index in [-0.39, 0.29) is 4.90 Å². The summed E-state index contributed by atoms with van der Waals surface area (Å²) in [7, 11) is -3.77. The number of rotatable bonds is 4. The topological polar surface area (TPSA) is 40.6 Å². The third-order valence-corrected chi connectivity index (χ3v) is 5.51. The highest BCUT2D eigenvalue weighted by molar-refractivity contribution is 7.89. The minimum atomic E-state index is -3.77. The van der Waals surface area contributed by atoms with Crippen molar-refractivity contribution in [2.45, 2.75) is 18.7 Å². The molecule has 1 fully saturated rings. The van der Waals surface area contributed by atoms with Crippen LogP contribution in [0.4, 0.5) is 8.78 Å². The third-order valence-electron chi connectivity index (χ3n) is 3.62. The van der Waals surface area contributed by atoms with Gasteiger partial charge in [-0.1, -0.05) is 11.6 Å². The minimum Gasteiger partial charge on any atom is -0.297 e. The van der Waals surface area contributed by atoms with E-state index < -0.39 is 21.7 Å². The van der Waals surface area contributed by atoms with Gasteiger partial charge >= 0.3 is 0 Å². The molecule has 22 heavy (non-hydrogen) atoms. The summed E-state index contributed by atoms with van der Waals surface area (Å²) in [6.07, 6.45) is 2.10. The fourth-order valence-corrected chi connectivity index (χ4v) is 3.69. The van der Waals surface area contributed by atoms with Crippen LogP contribution in [0, 0.1) is 11.6 Å². The first-order valence-corrected chi connectivity index (χ1v) is 8.55. The zero-order valence-corrected chi connectivity index (χ0v) is 13.5. The van der Waals surface area contributed by atoms with E-state index in [2.05, 4.69) is 11.0 Å². The molecule has 0 radical (unpaired) electrons. The van der Waals surface area contributed by atoms with Gasteiger partial charge in [-0.2, -0.15) is 4.31 Å². The van der Waals surface area contributed by atoms with Gasteiger partial charge in [-0.05, 0) is 32.0 Å². The number of halogens is 2. The molecule has 0 bridgehead atoms. The standard InChI is InChI=1S/C15H20F2N2O2S/c1-12(2)5-6-18-7-9-19(10-8-18)22(20,21)13-3-4-14(16)15(17)11-13/h3-5,11H,6-10H2,1-2H3. The Bertz CT molecular complexity index is 662. The van der Waals surface area contributed by atoms with Crippen LogP contribution in [0.2, 0.25) is 0 Å². The van der Waals surface area contributed by atoms with Crippen molar-refractivity contribution in [3.05, 3.63) is 41.5 Å². The molecule has 1 aromatic rings. The Morgan fingerprint density at radius 2 is 1.77 bits per heavy atom. The Kier molecular flexibility index (Phi) is 5.31. The van der Waals surface area contributed by atoms with E-state index in [9.17, 15) is 17.2 Å². The quantitative estimate of drug-likeness (QED) is 0.795. The van der Waals surface area contributed by atoms with E-state index in [1.54, 1.807) is 0 Å². The van der Waals surface area contributed by atoms with E-state index in [0.717, 1.165) is 24.7 Å². The molecule has 2 rings (SSSR count). The Morgan fingerprint density at radius 1 is 1.14 bits per heavy atom. The van der Waals surface area contributed by atoms with Crippen molar-refractivity contribution in [2.24, 2.45) is 0 Å². The molecule has 0 atom stereocenters. The predicted molar refractivity (Wildman–Crippen MR) is 81.0 cm³/mol. The first-order valence-electron chi connectivity index (χ1n) is 7.11. The van der Waals surface area contributed by atoms with Gasteiger partial charge in [0.2, 0.25) is 10.0 Å². The lowest BCUT2D eigenvalue weighted by molar-refractivity contribution is 0.204. The molecule has 1 aliphatic heterocycles. The molecule has 7 heteroatoms. The van der Waals surface area contributed by atoms with E-state index in [4.69, 9.17) is 0 Å². The highest BCUT2D eigenvalue weighted by atomic mass is 32.2. The summed E-state index contributed by atoms with van der Waals surface area (Å²) in [6, 6.07) is 2.68. The zero-order chi connectivity index (χ0) is 16.3. The molecule has 0 amide bonds.